The van der Waals surface area contributed by atoms with Crippen molar-refractivity contribution in [2.75, 3.05) is 11.9 Å². The summed E-state index contributed by atoms with van der Waals surface area (Å²) in [4.78, 5) is 12.1. The highest BCUT2D eigenvalue weighted by Gasteiger charge is 2.08. The molecule has 23 heavy (non-hydrogen) atoms. The minimum absolute atomic E-state index is 0.000561. The summed E-state index contributed by atoms with van der Waals surface area (Å²) in [6, 6.07) is 12.4. The largest absolute Gasteiger partial charge is 0.326 e. The zero-order valence-electron chi connectivity index (χ0n) is 13.7. The van der Waals surface area contributed by atoms with Crippen LogP contribution in [0, 0.1) is 12.7 Å². The van der Waals surface area contributed by atoms with Crippen molar-refractivity contribution in [1.29, 1.82) is 0 Å². The molecular formula is C19H23FN2O. The van der Waals surface area contributed by atoms with Crippen LogP contribution in [0.1, 0.15) is 30.0 Å². The molecule has 122 valence electrons. The number of benzene rings is 2. The molecule has 0 bridgehead atoms. The van der Waals surface area contributed by atoms with Gasteiger partial charge in [0.1, 0.15) is 5.82 Å². The van der Waals surface area contributed by atoms with Crippen LogP contribution in [-0.4, -0.2) is 12.5 Å². The Balaban J connectivity index is 1.78. The molecule has 1 amide bonds. The number of carbonyl (C=O) groups is 1. The van der Waals surface area contributed by atoms with Crippen LogP contribution in [0.15, 0.2) is 42.5 Å². The van der Waals surface area contributed by atoms with Crippen molar-refractivity contribution in [2.45, 2.75) is 33.2 Å². The van der Waals surface area contributed by atoms with Crippen molar-refractivity contribution in [2.24, 2.45) is 0 Å². The van der Waals surface area contributed by atoms with E-state index in [1.807, 2.05) is 25.1 Å². The summed E-state index contributed by atoms with van der Waals surface area (Å²) in [5, 5.41) is 6.21. The summed E-state index contributed by atoms with van der Waals surface area (Å²) in [7, 11) is 0. The summed E-state index contributed by atoms with van der Waals surface area (Å²) in [6.45, 7) is 5.28. The normalized spacial score (nSPS) is 10.6. The SMILES string of the molecule is CCc1cccc(C)c1NC(=O)CCNCc1ccc(F)cc1. The van der Waals surface area contributed by atoms with Gasteiger partial charge >= 0.3 is 0 Å². The van der Waals surface area contributed by atoms with Gasteiger partial charge in [0.2, 0.25) is 5.91 Å². The highest BCUT2D eigenvalue weighted by atomic mass is 19.1. The molecule has 0 aliphatic rings. The first-order chi connectivity index (χ1) is 11.1. The number of aryl methyl sites for hydroxylation is 2. The number of nitrogens with one attached hydrogen (secondary N) is 2. The van der Waals surface area contributed by atoms with Gasteiger partial charge in [-0.25, -0.2) is 4.39 Å². The highest BCUT2D eigenvalue weighted by molar-refractivity contribution is 5.92. The van der Waals surface area contributed by atoms with Crippen LogP contribution in [0.3, 0.4) is 0 Å². The van der Waals surface area contributed by atoms with E-state index in [0.29, 0.717) is 19.5 Å². The molecule has 0 atom stereocenters. The van der Waals surface area contributed by atoms with Crippen molar-refractivity contribution in [1.82, 2.24) is 5.32 Å². The Morgan fingerprint density at radius 2 is 1.87 bits per heavy atom. The number of halogens is 1. The van der Waals surface area contributed by atoms with E-state index in [1.165, 1.54) is 12.1 Å². The van der Waals surface area contributed by atoms with E-state index in [1.54, 1.807) is 12.1 Å². The topological polar surface area (TPSA) is 41.1 Å². The quantitative estimate of drug-likeness (QED) is 0.763. The first-order valence-corrected chi connectivity index (χ1v) is 7.93. The van der Waals surface area contributed by atoms with E-state index in [2.05, 4.69) is 17.6 Å². The number of hydrogen-bond acceptors (Lipinski definition) is 2. The maximum atomic E-state index is 12.8. The molecule has 0 radical (unpaired) electrons. The molecule has 0 spiro atoms. The molecule has 2 aromatic carbocycles. The summed E-state index contributed by atoms with van der Waals surface area (Å²) in [5.74, 6) is -0.237. The van der Waals surface area contributed by atoms with Crippen molar-refractivity contribution in [3.63, 3.8) is 0 Å². The van der Waals surface area contributed by atoms with Crippen LogP contribution in [0.4, 0.5) is 10.1 Å². The Hall–Kier alpha value is -2.20. The van der Waals surface area contributed by atoms with Crippen LogP contribution in [0.2, 0.25) is 0 Å². The molecule has 4 heteroatoms. The van der Waals surface area contributed by atoms with Gasteiger partial charge in [0.05, 0.1) is 0 Å². The maximum absolute atomic E-state index is 12.8. The van der Waals surface area contributed by atoms with Gasteiger partial charge in [-0.3, -0.25) is 4.79 Å². The van der Waals surface area contributed by atoms with Gasteiger partial charge in [-0.05, 0) is 42.2 Å². The maximum Gasteiger partial charge on any atom is 0.225 e. The minimum atomic E-state index is -0.238. The van der Waals surface area contributed by atoms with E-state index in [-0.39, 0.29) is 11.7 Å². The Labute approximate surface area is 136 Å². The fraction of sp³-hybridized carbons (Fsp3) is 0.316. The third-order valence-corrected chi connectivity index (χ3v) is 3.78. The van der Waals surface area contributed by atoms with Gasteiger partial charge in [0.15, 0.2) is 0 Å². The molecule has 2 N–H and O–H groups in total. The lowest BCUT2D eigenvalue weighted by atomic mass is 10.1. The van der Waals surface area contributed by atoms with Crippen LogP contribution >= 0.6 is 0 Å². The molecule has 0 fully saturated rings. The third kappa shape index (κ3) is 5.18. The van der Waals surface area contributed by atoms with E-state index < -0.39 is 0 Å². The van der Waals surface area contributed by atoms with Gasteiger partial charge in [-0.15, -0.1) is 0 Å². The molecule has 0 aromatic heterocycles. The lowest BCUT2D eigenvalue weighted by molar-refractivity contribution is -0.116. The molecule has 0 aliphatic carbocycles. The zero-order chi connectivity index (χ0) is 16.7. The second kappa shape index (κ2) is 8.44. The predicted molar refractivity (Wildman–Crippen MR) is 91.9 cm³/mol. The van der Waals surface area contributed by atoms with E-state index in [4.69, 9.17) is 0 Å². The van der Waals surface area contributed by atoms with Crippen LogP contribution < -0.4 is 10.6 Å². The summed E-state index contributed by atoms with van der Waals surface area (Å²) in [6.07, 6.45) is 1.29. The molecule has 0 saturated heterocycles. The molecule has 0 heterocycles. The smallest absolute Gasteiger partial charge is 0.225 e. The number of anilines is 1. The zero-order valence-corrected chi connectivity index (χ0v) is 13.7. The lowest BCUT2D eigenvalue weighted by Gasteiger charge is -2.13. The molecule has 0 unspecified atom stereocenters. The number of amides is 1. The van der Waals surface area contributed by atoms with Crippen LogP contribution in [-0.2, 0) is 17.8 Å². The first kappa shape index (κ1) is 17.2. The van der Waals surface area contributed by atoms with Gasteiger partial charge in [-0.1, -0.05) is 37.3 Å². The van der Waals surface area contributed by atoms with E-state index >= 15 is 0 Å². The Morgan fingerprint density at radius 1 is 1.13 bits per heavy atom. The first-order valence-electron chi connectivity index (χ1n) is 7.93. The summed E-state index contributed by atoms with van der Waals surface area (Å²) in [5.41, 5.74) is 4.16. The van der Waals surface area contributed by atoms with Gasteiger partial charge in [0, 0.05) is 25.2 Å². The predicted octanol–water partition coefficient (Wildman–Crippen LogP) is 3.81. The summed E-state index contributed by atoms with van der Waals surface area (Å²) < 4.78 is 12.8. The molecule has 3 nitrogen and oxygen atoms in total. The Bertz CT molecular complexity index is 653. The summed E-state index contributed by atoms with van der Waals surface area (Å²) >= 11 is 0. The Morgan fingerprint density at radius 3 is 2.57 bits per heavy atom. The molecule has 0 saturated carbocycles. The highest BCUT2D eigenvalue weighted by Crippen LogP contribution is 2.21. The van der Waals surface area contributed by atoms with Crippen molar-refractivity contribution < 1.29 is 9.18 Å². The van der Waals surface area contributed by atoms with Gasteiger partial charge in [-0.2, -0.15) is 0 Å². The second-order valence-electron chi connectivity index (χ2n) is 5.56. The fourth-order valence-electron chi connectivity index (χ4n) is 2.44. The Kier molecular flexibility index (Phi) is 6.29. The lowest BCUT2D eigenvalue weighted by Crippen LogP contribution is -2.22. The fourth-order valence-corrected chi connectivity index (χ4v) is 2.44. The van der Waals surface area contributed by atoms with E-state index in [0.717, 1.165) is 28.8 Å². The second-order valence-corrected chi connectivity index (χ2v) is 5.56. The van der Waals surface area contributed by atoms with Crippen molar-refractivity contribution in [3.05, 3.63) is 65.0 Å². The van der Waals surface area contributed by atoms with Crippen LogP contribution in [0.25, 0.3) is 0 Å². The van der Waals surface area contributed by atoms with Gasteiger partial charge in [0.25, 0.3) is 0 Å². The average Bonchev–Trinajstić information content (AvgIpc) is 2.55. The third-order valence-electron chi connectivity index (χ3n) is 3.78. The van der Waals surface area contributed by atoms with Crippen molar-refractivity contribution >= 4 is 11.6 Å². The number of carbonyl (C=O) groups excluding carboxylic acids is 1. The molecule has 2 rings (SSSR count). The molecular weight excluding hydrogens is 291 g/mol. The number of hydrogen-bond donors (Lipinski definition) is 2. The van der Waals surface area contributed by atoms with E-state index in [9.17, 15) is 9.18 Å². The monoisotopic (exact) mass is 314 g/mol. The molecule has 2 aromatic rings. The standard InChI is InChI=1S/C19H23FN2O/c1-3-16-6-4-5-14(2)19(16)22-18(23)11-12-21-13-15-7-9-17(20)10-8-15/h4-10,21H,3,11-13H2,1-2H3,(H,22,23). The minimum Gasteiger partial charge on any atom is -0.326 e. The van der Waals surface area contributed by atoms with Crippen LogP contribution in [0.5, 0.6) is 0 Å². The average molecular weight is 314 g/mol. The number of rotatable bonds is 7. The number of para-hydroxylation sites is 1. The molecule has 0 aliphatic heterocycles. The van der Waals surface area contributed by atoms with Crippen molar-refractivity contribution in [3.8, 4) is 0 Å². The van der Waals surface area contributed by atoms with Gasteiger partial charge < -0.3 is 10.6 Å².